The Bertz CT molecular complexity index is 1110. The highest BCUT2D eigenvalue weighted by Crippen LogP contribution is 2.17. The third-order valence-electron chi connectivity index (χ3n) is 3.86. The molecule has 1 aromatic carbocycles. The smallest absolute Gasteiger partial charge is 0.335 e. The number of hydrogen-bond acceptors (Lipinski definition) is 8. The minimum absolute atomic E-state index is 0.139. The molecule has 0 aliphatic rings. The number of benzene rings is 1. The van der Waals surface area contributed by atoms with E-state index in [1.807, 2.05) is 30.3 Å². The van der Waals surface area contributed by atoms with Crippen molar-refractivity contribution in [3.05, 3.63) is 72.3 Å². The maximum atomic E-state index is 11.1. The van der Waals surface area contributed by atoms with Crippen LogP contribution in [0, 0.1) is 0 Å². The molecule has 0 aliphatic carbocycles. The number of para-hydroxylation sites is 1. The molecule has 3 heterocycles. The molecule has 0 aliphatic heterocycles. The summed E-state index contributed by atoms with van der Waals surface area (Å²) in [5.74, 6) is -0.0855. The Morgan fingerprint density at radius 1 is 1.04 bits per heavy atom. The van der Waals surface area contributed by atoms with Crippen LogP contribution in [0.4, 0.5) is 5.95 Å². The molecule has 28 heavy (non-hydrogen) atoms. The van der Waals surface area contributed by atoms with E-state index >= 15 is 0 Å². The lowest BCUT2D eigenvalue weighted by atomic mass is 10.2. The number of aromatic nitrogens is 7. The second kappa shape index (κ2) is 7.58. The zero-order chi connectivity index (χ0) is 19.3. The van der Waals surface area contributed by atoms with Gasteiger partial charge in [0.15, 0.2) is 5.82 Å². The molecule has 0 saturated carbocycles. The molecule has 0 unspecified atom stereocenters. The van der Waals surface area contributed by atoms with Crippen LogP contribution in [0.2, 0.25) is 0 Å². The number of carboxylic acid groups (broad SMARTS) is 1. The number of tetrazole rings is 1. The number of carboxylic acids is 1. The number of aromatic carboxylic acids is 1. The van der Waals surface area contributed by atoms with Gasteiger partial charge in [-0.15, -0.1) is 5.10 Å². The van der Waals surface area contributed by atoms with Crippen molar-refractivity contribution in [2.45, 2.75) is 6.54 Å². The fourth-order valence-electron chi connectivity index (χ4n) is 2.53. The summed E-state index contributed by atoms with van der Waals surface area (Å²) in [4.78, 5) is 23.9. The fourth-order valence-corrected chi connectivity index (χ4v) is 2.53. The van der Waals surface area contributed by atoms with E-state index in [-0.39, 0.29) is 5.56 Å². The molecule has 10 nitrogen and oxygen atoms in total. The zero-order valence-electron chi connectivity index (χ0n) is 14.5. The topological polar surface area (TPSA) is 132 Å². The average Bonchev–Trinajstić information content (AvgIpc) is 3.22. The summed E-state index contributed by atoms with van der Waals surface area (Å²) in [7, 11) is 0. The molecular formula is C18H14N8O2. The second-order valence-electron chi connectivity index (χ2n) is 5.70. The predicted octanol–water partition coefficient (Wildman–Crippen LogP) is 1.82. The van der Waals surface area contributed by atoms with E-state index in [1.165, 1.54) is 18.3 Å². The molecule has 0 amide bonds. The first-order valence-corrected chi connectivity index (χ1v) is 8.30. The highest BCUT2D eigenvalue weighted by atomic mass is 16.4. The first-order valence-electron chi connectivity index (χ1n) is 8.30. The molecule has 4 rings (SSSR count). The van der Waals surface area contributed by atoms with Crippen LogP contribution in [0.3, 0.4) is 0 Å². The van der Waals surface area contributed by atoms with Crippen LogP contribution in [0.1, 0.15) is 16.2 Å². The summed E-state index contributed by atoms with van der Waals surface area (Å²) in [6, 6.07) is 14.1. The lowest BCUT2D eigenvalue weighted by Crippen LogP contribution is -2.10. The van der Waals surface area contributed by atoms with Gasteiger partial charge in [0.2, 0.25) is 5.95 Å². The number of rotatable bonds is 6. The average molecular weight is 374 g/mol. The summed E-state index contributed by atoms with van der Waals surface area (Å²) in [6.07, 6.45) is 3.00. The van der Waals surface area contributed by atoms with E-state index in [2.05, 4.69) is 35.8 Å². The lowest BCUT2D eigenvalue weighted by molar-refractivity contribution is 0.0697. The molecule has 0 bridgehead atoms. The third-order valence-corrected chi connectivity index (χ3v) is 3.86. The van der Waals surface area contributed by atoms with Crippen LogP contribution in [-0.2, 0) is 6.54 Å². The maximum absolute atomic E-state index is 11.1. The van der Waals surface area contributed by atoms with Gasteiger partial charge in [0.05, 0.1) is 29.2 Å². The Morgan fingerprint density at radius 2 is 1.86 bits per heavy atom. The molecule has 3 aromatic heterocycles. The van der Waals surface area contributed by atoms with Gasteiger partial charge in [0.25, 0.3) is 0 Å². The monoisotopic (exact) mass is 374 g/mol. The standard InChI is InChI=1S/C18H14N8O2/c27-17(28)12-6-8-19-15(10-12)14-7-9-20-18(22-14)21-11-16-23-24-25-26(16)13-4-2-1-3-5-13/h1-10H,11H2,(H,27,28)(H,20,21,22). The van der Waals surface area contributed by atoms with E-state index in [9.17, 15) is 4.79 Å². The fraction of sp³-hybridized carbons (Fsp3) is 0.0556. The Labute approximate surface area is 158 Å². The number of hydrogen-bond donors (Lipinski definition) is 2. The van der Waals surface area contributed by atoms with Gasteiger partial charge in [0, 0.05) is 12.4 Å². The van der Waals surface area contributed by atoms with Gasteiger partial charge in [-0.25, -0.2) is 14.8 Å². The number of nitrogens with zero attached hydrogens (tertiary/aromatic N) is 7. The van der Waals surface area contributed by atoms with E-state index < -0.39 is 5.97 Å². The van der Waals surface area contributed by atoms with Crippen LogP contribution in [-0.4, -0.2) is 46.2 Å². The maximum Gasteiger partial charge on any atom is 0.335 e. The Kier molecular flexibility index (Phi) is 4.66. The number of anilines is 1. The first-order chi connectivity index (χ1) is 13.7. The van der Waals surface area contributed by atoms with Crippen LogP contribution in [0.5, 0.6) is 0 Å². The van der Waals surface area contributed by atoms with Crippen LogP contribution < -0.4 is 5.32 Å². The van der Waals surface area contributed by atoms with Gasteiger partial charge in [-0.1, -0.05) is 18.2 Å². The van der Waals surface area contributed by atoms with Crippen molar-refractivity contribution in [2.24, 2.45) is 0 Å². The quantitative estimate of drug-likeness (QED) is 0.518. The predicted molar refractivity (Wildman–Crippen MR) is 98.7 cm³/mol. The van der Waals surface area contributed by atoms with Gasteiger partial charge in [-0.05, 0) is 40.8 Å². The van der Waals surface area contributed by atoms with Gasteiger partial charge in [-0.3, -0.25) is 4.98 Å². The van der Waals surface area contributed by atoms with Gasteiger partial charge < -0.3 is 10.4 Å². The minimum Gasteiger partial charge on any atom is -0.478 e. The number of carbonyl (C=O) groups is 1. The zero-order valence-corrected chi connectivity index (χ0v) is 14.5. The molecule has 2 N–H and O–H groups in total. The number of nitrogens with one attached hydrogen (secondary N) is 1. The molecule has 0 fully saturated rings. The Balaban J connectivity index is 1.53. The minimum atomic E-state index is -1.02. The molecule has 138 valence electrons. The highest BCUT2D eigenvalue weighted by Gasteiger charge is 2.10. The molecule has 0 saturated heterocycles. The summed E-state index contributed by atoms with van der Waals surface area (Å²) in [6.45, 7) is 0.300. The Morgan fingerprint density at radius 3 is 2.68 bits per heavy atom. The van der Waals surface area contributed by atoms with Crippen molar-refractivity contribution >= 4 is 11.9 Å². The summed E-state index contributed by atoms with van der Waals surface area (Å²) >= 11 is 0. The van der Waals surface area contributed by atoms with E-state index in [0.29, 0.717) is 29.7 Å². The van der Waals surface area contributed by atoms with Crippen molar-refractivity contribution in [2.75, 3.05) is 5.32 Å². The summed E-state index contributed by atoms with van der Waals surface area (Å²) < 4.78 is 1.62. The molecule has 4 aromatic rings. The van der Waals surface area contributed by atoms with E-state index in [4.69, 9.17) is 5.11 Å². The SMILES string of the molecule is O=C(O)c1ccnc(-c2ccnc(NCc3nnnn3-c3ccccc3)n2)c1. The van der Waals surface area contributed by atoms with Crippen LogP contribution >= 0.6 is 0 Å². The van der Waals surface area contributed by atoms with Gasteiger partial charge in [0.1, 0.15) is 0 Å². The van der Waals surface area contributed by atoms with E-state index in [0.717, 1.165) is 5.69 Å². The van der Waals surface area contributed by atoms with Gasteiger partial charge >= 0.3 is 5.97 Å². The van der Waals surface area contributed by atoms with Crippen molar-refractivity contribution in [1.82, 2.24) is 35.2 Å². The van der Waals surface area contributed by atoms with Crippen LogP contribution in [0.15, 0.2) is 60.9 Å². The van der Waals surface area contributed by atoms with Gasteiger partial charge in [-0.2, -0.15) is 4.68 Å². The number of pyridine rings is 1. The molecular weight excluding hydrogens is 360 g/mol. The summed E-state index contributed by atoms with van der Waals surface area (Å²) in [5, 5.41) is 23.9. The Hall–Kier alpha value is -4.21. The molecule has 0 atom stereocenters. The van der Waals surface area contributed by atoms with Crippen LogP contribution in [0.25, 0.3) is 17.1 Å². The van der Waals surface area contributed by atoms with E-state index in [1.54, 1.807) is 16.9 Å². The van der Waals surface area contributed by atoms with Crippen molar-refractivity contribution in [1.29, 1.82) is 0 Å². The first kappa shape index (κ1) is 17.2. The largest absolute Gasteiger partial charge is 0.478 e. The molecule has 0 radical (unpaired) electrons. The molecule has 10 heteroatoms. The van der Waals surface area contributed by atoms with Crippen molar-refractivity contribution < 1.29 is 9.90 Å². The van der Waals surface area contributed by atoms with Crippen molar-refractivity contribution in [3.8, 4) is 17.1 Å². The lowest BCUT2D eigenvalue weighted by Gasteiger charge is -2.07. The third kappa shape index (κ3) is 3.65. The highest BCUT2D eigenvalue weighted by molar-refractivity contribution is 5.88. The molecule has 0 spiro atoms. The summed E-state index contributed by atoms with van der Waals surface area (Å²) in [5.41, 5.74) is 1.93. The second-order valence-corrected chi connectivity index (χ2v) is 5.70. The van der Waals surface area contributed by atoms with Crippen molar-refractivity contribution in [3.63, 3.8) is 0 Å². The normalized spacial score (nSPS) is 10.6.